The number of nitrogens with one attached hydrogen (secondary N) is 1. The molecule has 25 heavy (non-hydrogen) atoms. The van der Waals surface area contributed by atoms with E-state index < -0.39 is 0 Å². The van der Waals surface area contributed by atoms with Crippen LogP contribution in [0.1, 0.15) is 18.1 Å². The van der Waals surface area contributed by atoms with Gasteiger partial charge in [-0.3, -0.25) is 9.59 Å². The second kappa shape index (κ2) is 8.33. The quantitative estimate of drug-likeness (QED) is 0.880. The molecule has 0 saturated carbocycles. The fourth-order valence-electron chi connectivity index (χ4n) is 2.52. The van der Waals surface area contributed by atoms with Gasteiger partial charge in [-0.15, -0.1) is 0 Å². The van der Waals surface area contributed by atoms with E-state index in [2.05, 4.69) is 5.32 Å². The first-order valence-electron chi connectivity index (χ1n) is 8.25. The summed E-state index contributed by atoms with van der Waals surface area (Å²) < 4.78 is 0. The van der Waals surface area contributed by atoms with Gasteiger partial charge in [0.25, 0.3) is 0 Å². The third kappa shape index (κ3) is 5.08. The Labute approximate surface area is 149 Å². The molecule has 0 spiro atoms. The van der Waals surface area contributed by atoms with Crippen molar-refractivity contribution in [2.24, 2.45) is 0 Å². The molecule has 5 nitrogen and oxygen atoms in total. The van der Waals surface area contributed by atoms with Crippen molar-refractivity contribution in [3.8, 4) is 0 Å². The van der Waals surface area contributed by atoms with Gasteiger partial charge < -0.3 is 15.1 Å². The van der Waals surface area contributed by atoms with Crippen molar-refractivity contribution < 1.29 is 9.59 Å². The SMILES string of the molecule is CC(=O)N(CC(=O)NCc1ccccc1C)c1ccc(N(C)C)cc1. The predicted molar refractivity (Wildman–Crippen MR) is 102 cm³/mol. The summed E-state index contributed by atoms with van der Waals surface area (Å²) in [7, 11) is 3.91. The number of benzene rings is 2. The average molecular weight is 339 g/mol. The van der Waals surface area contributed by atoms with E-state index in [4.69, 9.17) is 0 Å². The maximum absolute atomic E-state index is 12.3. The highest BCUT2D eigenvalue weighted by molar-refractivity contribution is 5.97. The maximum Gasteiger partial charge on any atom is 0.240 e. The van der Waals surface area contributed by atoms with Crippen molar-refractivity contribution in [3.63, 3.8) is 0 Å². The van der Waals surface area contributed by atoms with E-state index in [0.29, 0.717) is 12.2 Å². The van der Waals surface area contributed by atoms with Crippen molar-refractivity contribution in [1.29, 1.82) is 0 Å². The van der Waals surface area contributed by atoms with E-state index >= 15 is 0 Å². The van der Waals surface area contributed by atoms with E-state index in [-0.39, 0.29) is 18.4 Å². The van der Waals surface area contributed by atoms with Crippen LogP contribution < -0.4 is 15.1 Å². The minimum absolute atomic E-state index is 0.00251. The molecule has 0 aliphatic rings. The van der Waals surface area contributed by atoms with Crippen LogP contribution in [-0.4, -0.2) is 32.5 Å². The Bertz CT molecular complexity index is 739. The first-order chi connectivity index (χ1) is 11.9. The molecule has 0 radical (unpaired) electrons. The molecule has 2 aromatic rings. The average Bonchev–Trinajstić information content (AvgIpc) is 2.59. The third-order valence-corrected chi connectivity index (χ3v) is 4.10. The molecule has 132 valence electrons. The van der Waals surface area contributed by atoms with Crippen molar-refractivity contribution in [2.75, 3.05) is 30.4 Å². The van der Waals surface area contributed by atoms with Crippen molar-refractivity contribution >= 4 is 23.2 Å². The van der Waals surface area contributed by atoms with Gasteiger partial charge in [-0.1, -0.05) is 24.3 Å². The van der Waals surface area contributed by atoms with Gasteiger partial charge in [-0.05, 0) is 42.3 Å². The number of carbonyl (C=O) groups excluding carboxylic acids is 2. The van der Waals surface area contributed by atoms with Crippen LogP contribution in [0.2, 0.25) is 0 Å². The number of hydrogen-bond donors (Lipinski definition) is 1. The highest BCUT2D eigenvalue weighted by Crippen LogP contribution is 2.19. The number of amides is 2. The lowest BCUT2D eigenvalue weighted by atomic mass is 10.1. The van der Waals surface area contributed by atoms with Crippen molar-refractivity contribution in [2.45, 2.75) is 20.4 Å². The molecular weight excluding hydrogens is 314 g/mol. The van der Waals surface area contributed by atoms with Gasteiger partial charge >= 0.3 is 0 Å². The largest absolute Gasteiger partial charge is 0.378 e. The van der Waals surface area contributed by atoms with E-state index in [1.165, 1.54) is 11.8 Å². The van der Waals surface area contributed by atoms with Crippen LogP contribution >= 0.6 is 0 Å². The van der Waals surface area contributed by atoms with Gasteiger partial charge in [0.1, 0.15) is 6.54 Å². The molecule has 0 unspecified atom stereocenters. The van der Waals surface area contributed by atoms with Crippen LogP contribution in [0.25, 0.3) is 0 Å². The van der Waals surface area contributed by atoms with E-state index in [1.807, 2.05) is 74.4 Å². The Hall–Kier alpha value is -2.82. The lowest BCUT2D eigenvalue weighted by molar-refractivity contribution is -0.123. The van der Waals surface area contributed by atoms with Crippen molar-refractivity contribution in [1.82, 2.24) is 5.32 Å². The van der Waals surface area contributed by atoms with Crippen LogP contribution in [0, 0.1) is 6.92 Å². The molecule has 0 aliphatic carbocycles. The minimum atomic E-state index is -0.185. The molecule has 2 aromatic carbocycles. The van der Waals surface area contributed by atoms with Gasteiger partial charge in [-0.25, -0.2) is 0 Å². The molecule has 0 saturated heterocycles. The summed E-state index contributed by atoms with van der Waals surface area (Å²) in [4.78, 5) is 27.7. The van der Waals surface area contributed by atoms with Crippen molar-refractivity contribution in [3.05, 3.63) is 59.7 Å². The molecule has 0 aliphatic heterocycles. The summed E-state index contributed by atoms with van der Waals surface area (Å²) >= 11 is 0. The highest BCUT2D eigenvalue weighted by atomic mass is 16.2. The Kier molecular flexibility index (Phi) is 6.17. The van der Waals surface area contributed by atoms with Gasteiger partial charge in [0, 0.05) is 38.9 Å². The van der Waals surface area contributed by atoms with Crippen LogP contribution in [0.3, 0.4) is 0 Å². The maximum atomic E-state index is 12.3. The summed E-state index contributed by atoms with van der Waals surface area (Å²) in [5.41, 5.74) is 3.95. The number of anilines is 2. The number of aryl methyl sites for hydroxylation is 1. The molecule has 0 aromatic heterocycles. The molecule has 2 rings (SSSR count). The second-order valence-corrected chi connectivity index (χ2v) is 6.22. The second-order valence-electron chi connectivity index (χ2n) is 6.22. The molecule has 0 atom stereocenters. The fourth-order valence-corrected chi connectivity index (χ4v) is 2.52. The standard InChI is InChI=1S/C20H25N3O2/c1-15-7-5-6-8-17(15)13-21-20(25)14-23(16(2)24)19-11-9-18(10-12-19)22(3)4/h5-12H,13-14H2,1-4H3,(H,21,25). The van der Waals surface area contributed by atoms with E-state index in [9.17, 15) is 9.59 Å². The summed E-state index contributed by atoms with van der Waals surface area (Å²) in [5.74, 6) is -0.348. The number of rotatable bonds is 6. The molecule has 5 heteroatoms. The predicted octanol–water partition coefficient (Wildman–Crippen LogP) is 2.73. The Balaban J connectivity index is 2.02. The molecule has 0 bridgehead atoms. The molecule has 0 fully saturated rings. The summed E-state index contributed by atoms with van der Waals surface area (Å²) in [5, 5.41) is 2.88. The Morgan fingerprint density at radius 3 is 2.12 bits per heavy atom. The normalized spacial score (nSPS) is 10.2. The number of nitrogens with zero attached hydrogens (tertiary/aromatic N) is 2. The first-order valence-corrected chi connectivity index (χ1v) is 8.25. The topological polar surface area (TPSA) is 52.7 Å². The van der Waals surface area contributed by atoms with Gasteiger partial charge in [0.2, 0.25) is 11.8 Å². The van der Waals surface area contributed by atoms with Crippen LogP contribution in [0.5, 0.6) is 0 Å². The molecule has 2 amide bonds. The molecule has 0 heterocycles. The zero-order valence-corrected chi connectivity index (χ0v) is 15.2. The zero-order chi connectivity index (χ0) is 18.4. The smallest absolute Gasteiger partial charge is 0.240 e. The van der Waals surface area contributed by atoms with Crippen LogP contribution in [0.15, 0.2) is 48.5 Å². The summed E-state index contributed by atoms with van der Waals surface area (Å²) in [6.07, 6.45) is 0. The molecular formula is C20H25N3O2. The Morgan fingerprint density at radius 2 is 1.56 bits per heavy atom. The summed E-state index contributed by atoms with van der Waals surface area (Å²) in [6.45, 7) is 3.93. The minimum Gasteiger partial charge on any atom is -0.378 e. The number of hydrogen-bond acceptors (Lipinski definition) is 3. The van der Waals surface area contributed by atoms with E-state index in [0.717, 1.165) is 16.8 Å². The monoisotopic (exact) mass is 339 g/mol. The first kappa shape index (κ1) is 18.5. The number of carbonyl (C=O) groups is 2. The fraction of sp³-hybridized carbons (Fsp3) is 0.300. The van der Waals surface area contributed by atoms with Crippen LogP contribution in [-0.2, 0) is 16.1 Å². The lowest BCUT2D eigenvalue weighted by Gasteiger charge is -2.22. The van der Waals surface area contributed by atoms with Gasteiger partial charge in [0.15, 0.2) is 0 Å². The van der Waals surface area contributed by atoms with E-state index in [1.54, 1.807) is 0 Å². The van der Waals surface area contributed by atoms with Gasteiger partial charge in [-0.2, -0.15) is 0 Å². The van der Waals surface area contributed by atoms with Crippen LogP contribution in [0.4, 0.5) is 11.4 Å². The lowest BCUT2D eigenvalue weighted by Crippen LogP contribution is -2.39. The van der Waals surface area contributed by atoms with Gasteiger partial charge in [0.05, 0.1) is 0 Å². The third-order valence-electron chi connectivity index (χ3n) is 4.10. The molecule has 1 N–H and O–H groups in total. The zero-order valence-electron chi connectivity index (χ0n) is 15.2. The summed E-state index contributed by atoms with van der Waals surface area (Å²) in [6, 6.07) is 15.5. The Morgan fingerprint density at radius 1 is 0.960 bits per heavy atom. The highest BCUT2D eigenvalue weighted by Gasteiger charge is 2.16.